The van der Waals surface area contributed by atoms with Gasteiger partial charge in [0.1, 0.15) is 23.8 Å². The summed E-state index contributed by atoms with van der Waals surface area (Å²) in [7, 11) is 1.30. The number of nitrogens with zero attached hydrogens (tertiary/aromatic N) is 2. The molecular weight excluding hydrogens is 542 g/mol. The minimum atomic E-state index is -2.16. The van der Waals surface area contributed by atoms with Gasteiger partial charge in [-0.1, -0.05) is 17.3 Å². The van der Waals surface area contributed by atoms with Crippen LogP contribution in [0.5, 0.6) is 11.5 Å². The summed E-state index contributed by atoms with van der Waals surface area (Å²) in [6, 6.07) is 3.51. The molecule has 216 valence electrons. The van der Waals surface area contributed by atoms with Crippen molar-refractivity contribution in [3.05, 3.63) is 61.4 Å². The average molecular weight is 570 g/mol. The molecule has 2 aromatic carbocycles. The number of hydrogen-bond acceptors (Lipinski definition) is 14. The first kappa shape index (κ1) is 28.6. The van der Waals surface area contributed by atoms with E-state index in [2.05, 4.69) is 10.4 Å². The van der Waals surface area contributed by atoms with Gasteiger partial charge in [-0.15, -0.1) is 9.81 Å². The Morgan fingerprint density at radius 2 is 1.93 bits per heavy atom. The predicted molar refractivity (Wildman–Crippen MR) is 139 cm³/mol. The molecule has 0 saturated carbocycles. The molecule has 2 aliphatic carbocycles. The summed E-state index contributed by atoms with van der Waals surface area (Å²) >= 11 is 0. The minimum Gasteiger partial charge on any atom is -0.507 e. The molecule has 14 heteroatoms. The number of phenols is 1. The molecule has 5 N–H and O–H groups in total. The Morgan fingerprint density at radius 3 is 2.54 bits per heavy atom. The molecule has 0 unspecified atom stereocenters. The molecule has 0 amide bonds. The molecular formula is C27H27N3O11. The highest BCUT2D eigenvalue weighted by Gasteiger charge is 2.52. The molecule has 6 atom stereocenters. The Balaban J connectivity index is 1.75. The third kappa shape index (κ3) is 4.26. The lowest BCUT2D eigenvalue weighted by molar-refractivity contribution is -0.243. The van der Waals surface area contributed by atoms with Gasteiger partial charge in [-0.3, -0.25) is 14.4 Å². The Hall–Kier alpha value is -3.95. The zero-order valence-electron chi connectivity index (χ0n) is 22.0. The number of carbonyl (C=O) groups is 3. The van der Waals surface area contributed by atoms with Crippen molar-refractivity contribution in [1.29, 1.82) is 0 Å². The molecule has 0 bridgehead atoms. The number of ether oxygens (including phenoxy) is 3. The zero-order chi connectivity index (χ0) is 29.8. The summed E-state index contributed by atoms with van der Waals surface area (Å²) in [4.78, 5) is 64.8. The number of aromatic hydroxyl groups is 1. The summed E-state index contributed by atoms with van der Waals surface area (Å²) in [6.07, 6.45) is -5.49. The van der Waals surface area contributed by atoms with Crippen molar-refractivity contribution < 1.29 is 43.9 Å². The number of benzene rings is 2. The van der Waals surface area contributed by atoms with Gasteiger partial charge in [0.05, 0.1) is 42.1 Å². The fraction of sp³-hybridized carbons (Fsp3) is 0.444. The molecule has 0 radical (unpaired) electrons. The smallest absolute Gasteiger partial charge is 0.200 e. The first-order chi connectivity index (χ1) is 19.5. The molecule has 2 aromatic rings. The van der Waals surface area contributed by atoms with Crippen molar-refractivity contribution in [2.24, 2.45) is 16.1 Å². The Labute approximate surface area is 232 Å². The number of hydrogen-bond donors (Lipinski definition) is 4. The third-order valence-corrected chi connectivity index (χ3v) is 8.07. The summed E-state index contributed by atoms with van der Waals surface area (Å²) in [5.74, 6) is -3.33. The Kier molecular flexibility index (Phi) is 7.29. The molecule has 14 nitrogen and oxygen atoms in total. The van der Waals surface area contributed by atoms with E-state index in [9.17, 15) is 39.5 Å². The van der Waals surface area contributed by atoms with E-state index < -0.39 is 95.5 Å². The molecule has 1 saturated heterocycles. The minimum absolute atomic E-state index is 0.0322. The lowest BCUT2D eigenvalue weighted by Gasteiger charge is -2.41. The van der Waals surface area contributed by atoms with Gasteiger partial charge in [0.25, 0.3) is 0 Å². The molecule has 41 heavy (non-hydrogen) atoms. The molecule has 5 rings (SSSR count). The number of ketones is 3. The summed E-state index contributed by atoms with van der Waals surface area (Å²) in [5, 5.41) is 37.3. The summed E-state index contributed by atoms with van der Waals surface area (Å²) < 4.78 is 17.1. The molecule has 0 aromatic heterocycles. The van der Waals surface area contributed by atoms with Gasteiger partial charge in [0.15, 0.2) is 23.4 Å². The fourth-order valence-corrected chi connectivity index (χ4v) is 5.97. The largest absolute Gasteiger partial charge is 0.507 e. The van der Waals surface area contributed by atoms with Crippen LogP contribution in [0.25, 0.3) is 0 Å². The quantitative estimate of drug-likeness (QED) is 0.297. The van der Waals surface area contributed by atoms with E-state index in [4.69, 9.17) is 19.9 Å². The molecule has 1 aliphatic heterocycles. The van der Waals surface area contributed by atoms with Gasteiger partial charge in [-0.2, -0.15) is 0 Å². The zero-order valence-corrected chi connectivity index (χ0v) is 22.0. The van der Waals surface area contributed by atoms with E-state index in [0.29, 0.717) is 0 Å². The van der Waals surface area contributed by atoms with Crippen molar-refractivity contribution in [1.82, 2.24) is 0 Å². The van der Waals surface area contributed by atoms with E-state index >= 15 is 0 Å². The topological polar surface area (TPSA) is 224 Å². The summed E-state index contributed by atoms with van der Waals surface area (Å²) in [5.41, 5.74) is 1.69. The van der Waals surface area contributed by atoms with Crippen LogP contribution >= 0.6 is 0 Å². The van der Waals surface area contributed by atoms with Gasteiger partial charge in [-0.25, -0.2) is 0 Å². The average Bonchev–Trinajstić information content (AvgIpc) is 2.97. The number of carbonyl (C=O) groups excluding carboxylic acids is 3. The van der Waals surface area contributed by atoms with Crippen molar-refractivity contribution in [2.75, 3.05) is 13.7 Å². The molecule has 1 heterocycles. The Bertz CT molecular complexity index is 1480. The highest BCUT2D eigenvalue weighted by Crippen LogP contribution is 2.53. The van der Waals surface area contributed by atoms with Crippen LogP contribution in [0, 0.1) is 9.81 Å². The lowest BCUT2D eigenvalue weighted by atomic mass is 9.70. The number of fused-ring (bicyclic) bond motifs is 3. The second-order valence-corrected chi connectivity index (χ2v) is 10.3. The van der Waals surface area contributed by atoms with E-state index in [1.165, 1.54) is 25.3 Å². The lowest BCUT2D eigenvalue weighted by Crippen LogP contribution is -2.52. The van der Waals surface area contributed by atoms with Crippen LogP contribution in [-0.2, 0) is 20.7 Å². The highest BCUT2D eigenvalue weighted by molar-refractivity contribution is 6.32. The number of rotatable bonds is 7. The molecule has 1 fully saturated rings. The third-order valence-electron chi connectivity index (χ3n) is 8.07. The normalized spacial score (nSPS) is 28.8. The van der Waals surface area contributed by atoms with Crippen LogP contribution in [0.4, 0.5) is 5.69 Å². The fourth-order valence-electron chi connectivity index (χ4n) is 5.97. The van der Waals surface area contributed by atoms with Crippen molar-refractivity contribution >= 4 is 23.0 Å². The first-order valence-electron chi connectivity index (χ1n) is 12.8. The number of Topliss-reactive ketones (excluding diaryl/α,β-unsaturated/α-hetero) is 1. The van der Waals surface area contributed by atoms with Crippen LogP contribution in [0.1, 0.15) is 68.8 Å². The van der Waals surface area contributed by atoms with Gasteiger partial charge in [-0.05, 0) is 18.2 Å². The maximum absolute atomic E-state index is 13.8. The van der Waals surface area contributed by atoms with E-state index in [1.54, 1.807) is 6.92 Å². The SMILES string of the molecule is COc1cccc2c1C(=O)c1c(N=O)c3c(c(O)c1C2=O)C[C@@](N=O)(C(=O)CO)C[C@@H]3O[C@H]1C[C@H](N)[C@H](O)[C@H](C)O1. The second-order valence-electron chi connectivity index (χ2n) is 10.3. The monoisotopic (exact) mass is 569 g/mol. The maximum Gasteiger partial charge on any atom is 0.200 e. The van der Waals surface area contributed by atoms with Crippen molar-refractivity contribution in [3.8, 4) is 11.5 Å². The molecule has 3 aliphatic rings. The number of nitroso groups, excluding NO2 is 2. The Morgan fingerprint density at radius 1 is 1.20 bits per heavy atom. The summed E-state index contributed by atoms with van der Waals surface area (Å²) in [6.45, 7) is 0.480. The van der Waals surface area contributed by atoms with Gasteiger partial charge < -0.3 is 35.3 Å². The second kappa shape index (κ2) is 10.5. The van der Waals surface area contributed by atoms with Gasteiger partial charge in [0.2, 0.25) is 5.78 Å². The molecule has 0 spiro atoms. The standard InChI is InChI=1S/C27H27N3O11/c1-10-23(33)13(28)6-17(40-10)41-15-8-27(30-38,16(32)9-31)7-12-18(15)22(29-37)20-21(25(12)35)24(34)11-4-3-5-14(39-2)19(11)26(20)36/h3-5,10,13,15,17,23,31,33,35H,6-9,28H2,1-2H3/t10-,13-,15-,17-,23+,27-/m0/s1. The number of nitrogens with two attached hydrogens (primary N) is 1. The number of aliphatic hydroxyl groups is 2. The van der Waals surface area contributed by atoms with Crippen LogP contribution in [0.3, 0.4) is 0 Å². The number of methoxy groups -OCH3 is 1. The van der Waals surface area contributed by atoms with Crippen molar-refractivity contribution in [2.45, 2.75) is 62.4 Å². The van der Waals surface area contributed by atoms with Gasteiger partial charge in [0, 0.05) is 42.0 Å². The number of phenolic OH excluding ortho intramolecular Hbond substituents is 1. The van der Waals surface area contributed by atoms with Crippen molar-refractivity contribution in [3.63, 3.8) is 0 Å². The van der Waals surface area contributed by atoms with E-state index in [-0.39, 0.29) is 34.4 Å². The van der Waals surface area contributed by atoms with Crippen LogP contribution in [-0.4, -0.2) is 76.5 Å². The van der Waals surface area contributed by atoms with E-state index in [0.717, 1.165) is 0 Å². The van der Waals surface area contributed by atoms with Crippen LogP contribution in [0.15, 0.2) is 28.6 Å². The highest BCUT2D eigenvalue weighted by atomic mass is 16.7. The van der Waals surface area contributed by atoms with Gasteiger partial charge >= 0.3 is 0 Å². The first-order valence-corrected chi connectivity index (χ1v) is 12.8. The predicted octanol–water partition coefficient (Wildman–Crippen LogP) is 1.47. The van der Waals surface area contributed by atoms with E-state index in [1.807, 2.05) is 0 Å². The number of aliphatic hydroxyl groups excluding tert-OH is 2. The van der Waals surface area contributed by atoms with Crippen LogP contribution in [0.2, 0.25) is 0 Å². The maximum atomic E-state index is 13.8. The van der Waals surface area contributed by atoms with Crippen LogP contribution < -0.4 is 10.5 Å².